The molecule has 0 radical (unpaired) electrons. The van der Waals surface area contributed by atoms with Crippen molar-refractivity contribution in [1.82, 2.24) is 5.32 Å². The van der Waals surface area contributed by atoms with Crippen molar-refractivity contribution in [1.29, 1.82) is 0 Å². The first-order chi connectivity index (χ1) is 7.55. The van der Waals surface area contributed by atoms with E-state index in [1.807, 2.05) is 0 Å². The lowest BCUT2D eigenvalue weighted by atomic mass is 9.74. The van der Waals surface area contributed by atoms with Crippen LogP contribution in [0.4, 0.5) is 0 Å². The van der Waals surface area contributed by atoms with E-state index in [0.29, 0.717) is 6.04 Å². The van der Waals surface area contributed by atoms with E-state index in [1.54, 1.807) is 0 Å². The molecule has 1 aliphatic carbocycles. The number of hydrogen-bond donors (Lipinski definition) is 2. The number of nitrogens with one attached hydrogen (secondary N) is 1. The SMILES string of the molecule is CC(C)(CO)CNC1CCOC2(CCC2)C1. The van der Waals surface area contributed by atoms with Crippen LogP contribution in [-0.4, -0.2) is 36.5 Å². The van der Waals surface area contributed by atoms with E-state index in [2.05, 4.69) is 19.2 Å². The minimum atomic E-state index is -0.00885. The summed E-state index contributed by atoms with van der Waals surface area (Å²) in [7, 11) is 0. The maximum absolute atomic E-state index is 9.22. The molecule has 2 fully saturated rings. The summed E-state index contributed by atoms with van der Waals surface area (Å²) in [5, 5.41) is 12.8. The molecule has 16 heavy (non-hydrogen) atoms. The third-order valence-corrected chi connectivity index (χ3v) is 4.06. The van der Waals surface area contributed by atoms with Crippen LogP contribution in [0.3, 0.4) is 0 Å². The molecule has 1 unspecified atom stereocenters. The summed E-state index contributed by atoms with van der Waals surface area (Å²) in [6, 6.07) is 0.583. The molecule has 0 amide bonds. The first-order valence-electron chi connectivity index (χ1n) is 6.54. The van der Waals surface area contributed by atoms with Gasteiger partial charge in [0.2, 0.25) is 0 Å². The lowest BCUT2D eigenvalue weighted by Gasteiger charge is -2.47. The van der Waals surface area contributed by atoms with Crippen LogP contribution < -0.4 is 5.32 Å². The van der Waals surface area contributed by atoms with Gasteiger partial charge in [0.1, 0.15) is 0 Å². The monoisotopic (exact) mass is 227 g/mol. The standard InChI is InChI=1S/C13H25NO2/c1-12(2,10-15)9-14-11-4-7-16-13(8-11)5-3-6-13/h11,14-15H,3-10H2,1-2H3. The summed E-state index contributed by atoms with van der Waals surface area (Å²) in [5.41, 5.74) is 0.213. The van der Waals surface area contributed by atoms with E-state index >= 15 is 0 Å². The number of rotatable bonds is 4. The van der Waals surface area contributed by atoms with Crippen LogP contribution in [0, 0.1) is 5.41 Å². The second kappa shape index (κ2) is 4.63. The molecule has 2 rings (SSSR count). The van der Waals surface area contributed by atoms with Crippen LogP contribution in [-0.2, 0) is 4.74 Å². The second-order valence-electron chi connectivity index (χ2n) is 6.28. The van der Waals surface area contributed by atoms with E-state index in [-0.39, 0.29) is 17.6 Å². The average molecular weight is 227 g/mol. The molecule has 2 N–H and O–H groups in total. The summed E-state index contributed by atoms with van der Waals surface area (Å²) < 4.78 is 5.90. The third kappa shape index (κ3) is 2.76. The van der Waals surface area contributed by atoms with Crippen molar-refractivity contribution < 1.29 is 9.84 Å². The number of hydrogen-bond acceptors (Lipinski definition) is 3. The summed E-state index contributed by atoms with van der Waals surface area (Å²) >= 11 is 0. The Bertz CT molecular complexity index is 236. The normalized spacial score (nSPS) is 29.1. The molecule has 0 aromatic rings. The molecular weight excluding hydrogens is 202 g/mol. The molecule has 1 heterocycles. The van der Waals surface area contributed by atoms with Crippen molar-refractivity contribution >= 4 is 0 Å². The molecule has 1 saturated heterocycles. The highest BCUT2D eigenvalue weighted by molar-refractivity contribution is 4.96. The number of ether oxygens (including phenoxy) is 1. The van der Waals surface area contributed by atoms with Crippen LogP contribution in [0.1, 0.15) is 46.0 Å². The molecule has 1 saturated carbocycles. The van der Waals surface area contributed by atoms with Gasteiger partial charge in [-0.15, -0.1) is 0 Å². The molecule has 1 aliphatic heterocycles. The van der Waals surface area contributed by atoms with Gasteiger partial charge in [0.25, 0.3) is 0 Å². The highest BCUT2D eigenvalue weighted by atomic mass is 16.5. The topological polar surface area (TPSA) is 41.5 Å². The van der Waals surface area contributed by atoms with E-state index in [4.69, 9.17) is 4.74 Å². The van der Waals surface area contributed by atoms with E-state index < -0.39 is 0 Å². The zero-order valence-corrected chi connectivity index (χ0v) is 10.6. The number of aliphatic hydroxyl groups excluding tert-OH is 1. The Balaban J connectivity index is 1.77. The lowest BCUT2D eigenvalue weighted by molar-refractivity contribution is -0.136. The maximum Gasteiger partial charge on any atom is 0.0697 e. The Labute approximate surface area is 98.6 Å². The molecule has 3 nitrogen and oxygen atoms in total. The molecule has 1 atom stereocenters. The van der Waals surface area contributed by atoms with Crippen molar-refractivity contribution in [2.24, 2.45) is 5.41 Å². The van der Waals surface area contributed by atoms with Crippen molar-refractivity contribution in [2.45, 2.75) is 57.6 Å². The Kier molecular flexibility index (Phi) is 3.57. The van der Waals surface area contributed by atoms with Crippen LogP contribution in [0.5, 0.6) is 0 Å². The van der Waals surface area contributed by atoms with Gasteiger partial charge in [0, 0.05) is 31.2 Å². The molecule has 0 aromatic carbocycles. The maximum atomic E-state index is 9.22. The summed E-state index contributed by atoms with van der Waals surface area (Å²) in [5.74, 6) is 0. The number of aliphatic hydroxyl groups is 1. The molecule has 94 valence electrons. The molecule has 1 spiro atoms. The van der Waals surface area contributed by atoms with Gasteiger partial charge in [-0.25, -0.2) is 0 Å². The van der Waals surface area contributed by atoms with Gasteiger partial charge in [-0.05, 0) is 32.1 Å². The van der Waals surface area contributed by atoms with Gasteiger partial charge >= 0.3 is 0 Å². The lowest BCUT2D eigenvalue weighted by Crippen LogP contribution is -2.52. The minimum Gasteiger partial charge on any atom is -0.396 e. The van der Waals surface area contributed by atoms with Gasteiger partial charge in [0.05, 0.1) is 5.60 Å². The van der Waals surface area contributed by atoms with Crippen molar-refractivity contribution in [3.63, 3.8) is 0 Å². The van der Waals surface area contributed by atoms with E-state index in [0.717, 1.165) is 26.0 Å². The van der Waals surface area contributed by atoms with Gasteiger partial charge in [-0.3, -0.25) is 0 Å². The molecule has 3 heteroatoms. The minimum absolute atomic E-state index is 0.00885. The molecule has 2 aliphatic rings. The van der Waals surface area contributed by atoms with Crippen LogP contribution in [0.15, 0.2) is 0 Å². The predicted molar refractivity (Wildman–Crippen MR) is 64.4 cm³/mol. The van der Waals surface area contributed by atoms with Crippen LogP contribution in [0.25, 0.3) is 0 Å². The first-order valence-corrected chi connectivity index (χ1v) is 6.54. The van der Waals surface area contributed by atoms with Gasteiger partial charge in [-0.2, -0.15) is 0 Å². The Morgan fingerprint density at radius 2 is 2.19 bits per heavy atom. The summed E-state index contributed by atoms with van der Waals surface area (Å²) in [6.07, 6.45) is 6.09. The van der Waals surface area contributed by atoms with Gasteiger partial charge < -0.3 is 15.2 Å². The summed E-state index contributed by atoms with van der Waals surface area (Å²) in [4.78, 5) is 0. The van der Waals surface area contributed by atoms with Crippen LogP contribution >= 0.6 is 0 Å². The van der Waals surface area contributed by atoms with Crippen LogP contribution in [0.2, 0.25) is 0 Å². The smallest absolute Gasteiger partial charge is 0.0697 e. The quantitative estimate of drug-likeness (QED) is 0.768. The highest BCUT2D eigenvalue weighted by Crippen LogP contribution is 2.42. The predicted octanol–water partition coefficient (Wildman–Crippen LogP) is 1.70. The van der Waals surface area contributed by atoms with Gasteiger partial charge in [0.15, 0.2) is 0 Å². The van der Waals surface area contributed by atoms with Gasteiger partial charge in [-0.1, -0.05) is 13.8 Å². The largest absolute Gasteiger partial charge is 0.396 e. The highest BCUT2D eigenvalue weighted by Gasteiger charge is 2.42. The molecule has 0 aromatic heterocycles. The fraction of sp³-hybridized carbons (Fsp3) is 1.00. The van der Waals surface area contributed by atoms with Crippen molar-refractivity contribution in [3.8, 4) is 0 Å². The fourth-order valence-corrected chi connectivity index (χ4v) is 2.60. The Hall–Kier alpha value is -0.120. The molecular formula is C13H25NO2. The van der Waals surface area contributed by atoms with E-state index in [1.165, 1.54) is 19.3 Å². The van der Waals surface area contributed by atoms with E-state index in [9.17, 15) is 5.11 Å². The first kappa shape index (κ1) is 12.3. The molecule has 0 bridgehead atoms. The fourth-order valence-electron chi connectivity index (χ4n) is 2.60. The second-order valence-corrected chi connectivity index (χ2v) is 6.28. The average Bonchev–Trinajstić information content (AvgIpc) is 2.25. The van der Waals surface area contributed by atoms with Crippen molar-refractivity contribution in [3.05, 3.63) is 0 Å². The Morgan fingerprint density at radius 1 is 1.44 bits per heavy atom. The summed E-state index contributed by atoms with van der Waals surface area (Å²) in [6.45, 7) is 6.23. The Morgan fingerprint density at radius 3 is 2.75 bits per heavy atom. The zero-order chi connectivity index (χ0) is 11.6. The third-order valence-electron chi connectivity index (χ3n) is 4.06. The zero-order valence-electron chi connectivity index (χ0n) is 10.6. The van der Waals surface area contributed by atoms with Crippen molar-refractivity contribution in [2.75, 3.05) is 19.8 Å².